The molecule has 350 valence electrons. The molecule has 0 bridgehead atoms. The number of allylic oxidation sites excluding steroid dienone is 17. The molecular weight excluding hydrogens is 806 g/mol. The number of hydrogen-bond donors (Lipinski definition) is 2. The first kappa shape index (κ1) is 58.3. The lowest BCUT2D eigenvalue weighted by Crippen LogP contribution is -2.37. The number of phosphoric ester groups is 1. The molecule has 62 heavy (non-hydrogen) atoms. The van der Waals surface area contributed by atoms with Crippen LogP contribution in [-0.4, -0.2) is 92.5 Å². The van der Waals surface area contributed by atoms with Gasteiger partial charge in [-0.25, -0.2) is 0 Å². The molecule has 0 amide bonds. The molecule has 0 fully saturated rings. The fourth-order valence-electron chi connectivity index (χ4n) is 5.11. The predicted molar refractivity (Wildman–Crippen MR) is 252 cm³/mol. The number of likely N-dealkylation sites (N-methyl/N-ethyl adjacent to an activating group) is 1. The van der Waals surface area contributed by atoms with Crippen molar-refractivity contribution in [1.29, 1.82) is 0 Å². The molecule has 11 nitrogen and oxygen atoms in total. The molecule has 0 aliphatic heterocycles. The molecule has 12 heteroatoms. The number of ether oxygens (including phenoxy) is 2. The molecule has 0 saturated carbocycles. The third-order valence-electron chi connectivity index (χ3n) is 8.67. The number of unbranched alkanes of at least 4 members (excludes halogenated alkanes) is 3. The lowest BCUT2D eigenvalue weighted by atomic mass is 10.1. The number of rotatable bonds is 38. The highest BCUT2D eigenvalue weighted by molar-refractivity contribution is 7.45. The molecule has 4 atom stereocenters. The molecule has 2 N–H and O–H groups in total. The van der Waals surface area contributed by atoms with Gasteiger partial charge in [-0.15, -0.1) is 0 Å². The highest BCUT2D eigenvalue weighted by atomic mass is 31.2. The highest BCUT2D eigenvalue weighted by Gasteiger charge is 2.21. The molecule has 0 aliphatic rings. The van der Waals surface area contributed by atoms with Gasteiger partial charge in [0.05, 0.1) is 40.0 Å². The van der Waals surface area contributed by atoms with Crippen molar-refractivity contribution < 1.29 is 52.3 Å². The Morgan fingerprint density at radius 2 is 1.18 bits per heavy atom. The van der Waals surface area contributed by atoms with Gasteiger partial charge in [-0.3, -0.25) is 14.2 Å². The minimum Gasteiger partial charge on any atom is -0.756 e. The first-order valence-electron chi connectivity index (χ1n) is 22.5. The van der Waals surface area contributed by atoms with Crippen molar-refractivity contribution in [2.75, 3.05) is 47.5 Å². The van der Waals surface area contributed by atoms with E-state index in [1.165, 1.54) is 12.8 Å². The summed E-state index contributed by atoms with van der Waals surface area (Å²) in [6.07, 6.45) is 48.8. The van der Waals surface area contributed by atoms with Crippen LogP contribution >= 0.6 is 7.82 Å². The van der Waals surface area contributed by atoms with Crippen LogP contribution in [0.4, 0.5) is 0 Å². The van der Waals surface area contributed by atoms with Crippen LogP contribution in [0.3, 0.4) is 0 Å². The van der Waals surface area contributed by atoms with Crippen LogP contribution in [0.5, 0.6) is 0 Å². The minimum atomic E-state index is -4.72. The van der Waals surface area contributed by atoms with Gasteiger partial charge < -0.3 is 38.1 Å². The maximum absolute atomic E-state index is 12.7. The molecule has 0 spiro atoms. The van der Waals surface area contributed by atoms with Gasteiger partial charge in [0.25, 0.3) is 7.82 Å². The Kier molecular flexibility index (Phi) is 37.8. The first-order valence-corrected chi connectivity index (χ1v) is 23.9. The van der Waals surface area contributed by atoms with E-state index in [9.17, 15) is 29.3 Å². The normalized spacial score (nSPS) is 15.7. The van der Waals surface area contributed by atoms with Crippen molar-refractivity contribution in [2.45, 2.75) is 135 Å². The Morgan fingerprint density at radius 3 is 1.74 bits per heavy atom. The second-order valence-electron chi connectivity index (χ2n) is 15.7. The maximum atomic E-state index is 12.7. The van der Waals surface area contributed by atoms with Crippen molar-refractivity contribution in [3.63, 3.8) is 0 Å². The summed E-state index contributed by atoms with van der Waals surface area (Å²) in [5, 5.41) is 20.3. The van der Waals surface area contributed by atoms with Crippen molar-refractivity contribution in [3.05, 3.63) is 122 Å². The van der Waals surface area contributed by atoms with E-state index in [2.05, 4.69) is 80.7 Å². The Bertz CT molecular complexity index is 1500. The van der Waals surface area contributed by atoms with E-state index in [1.54, 1.807) is 36.5 Å². The quantitative estimate of drug-likeness (QED) is 0.0153. The standard InChI is InChI=1S/C50H80NO10P/c1-6-8-10-12-14-15-16-17-18-19-20-21-22-23-24-25-26-28-34-40-50(55)61-48(45-60-62(56,57)59-43-42-51(3,4)5)44-58-49(54)41-35-39-47(53)38-33-30-29-32-37-46(52)36-31-27-13-11-9-7-2/h8,10,14-15,17-18,20-21,23-24,26-33,37-38,46-48,52-53H,6-7,9,11-13,16,19,22,25,34-36,39-45H2,1-5H3/b10-8-,15-14-,18-17-,21-20-,24-23-,28-26-,30-29+,31-27-,37-32+,38-33-/t46-,47-,48-/m1/s1. The van der Waals surface area contributed by atoms with Gasteiger partial charge in [-0.1, -0.05) is 148 Å². The molecule has 0 aromatic heterocycles. The lowest BCUT2D eigenvalue weighted by molar-refractivity contribution is -0.870. The van der Waals surface area contributed by atoms with Crippen LogP contribution in [-0.2, 0) is 32.7 Å². The molecule has 0 aliphatic carbocycles. The zero-order valence-corrected chi connectivity index (χ0v) is 39.4. The molecule has 0 heterocycles. The van der Waals surface area contributed by atoms with E-state index >= 15 is 0 Å². The summed E-state index contributed by atoms with van der Waals surface area (Å²) < 4.78 is 33.6. The highest BCUT2D eigenvalue weighted by Crippen LogP contribution is 2.38. The zero-order chi connectivity index (χ0) is 46.0. The van der Waals surface area contributed by atoms with Crippen molar-refractivity contribution in [2.24, 2.45) is 0 Å². The number of phosphoric acid groups is 1. The topological polar surface area (TPSA) is 152 Å². The van der Waals surface area contributed by atoms with Crippen LogP contribution in [0, 0.1) is 0 Å². The average molecular weight is 886 g/mol. The van der Waals surface area contributed by atoms with Crippen molar-refractivity contribution >= 4 is 19.8 Å². The number of hydrogen-bond acceptors (Lipinski definition) is 10. The van der Waals surface area contributed by atoms with E-state index < -0.39 is 51.3 Å². The second-order valence-corrected chi connectivity index (χ2v) is 17.1. The van der Waals surface area contributed by atoms with E-state index in [0.29, 0.717) is 43.1 Å². The number of esters is 2. The Hall–Kier alpha value is -3.67. The summed E-state index contributed by atoms with van der Waals surface area (Å²) in [5.41, 5.74) is 0. The number of nitrogens with zero attached hydrogens (tertiary/aromatic N) is 1. The number of aliphatic hydroxyl groups excluding tert-OH is 2. The van der Waals surface area contributed by atoms with E-state index in [-0.39, 0.29) is 19.4 Å². The SMILES string of the molecule is CC/C=C\C/C=C\C/C=C\C/C=C\C/C=C\C/C=C\CCC(=O)O[C@H](COC(=O)CCC[C@H](O)\C=C/C=C/C=C/[C@H](O)C/C=C\CCCCC)COP(=O)([O-])OCC[N+](C)(C)C. The average Bonchev–Trinajstić information content (AvgIpc) is 3.21. The van der Waals surface area contributed by atoms with Crippen LogP contribution in [0.1, 0.15) is 117 Å². The van der Waals surface area contributed by atoms with E-state index in [0.717, 1.165) is 44.9 Å². The van der Waals surface area contributed by atoms with E-state index in [1.807, 2.05) is 39.4 Å². The van der Waals surface area contributed by atoms with Gasteiger partial charge in [0.1, 0.15) is 19.8 Å². The smallest absolute Gasteiger partial charge is 0.306 e. The summed E-state index contributed by atoms with van der Waals surface area (Å²) >= 11 is 0. The first-order chi connectivity index (χ1) is 29.8. The van der Waals surface area contributed by atoms with Gasteiger partial charge >= 0.3 is 11.9 Å². The van der Waals surface area contributed by atoms with Gasteiger partial charge in [0, 0.05) is 12.8 Å². The third kappa shape index (κ3) is 43.0. The van der Waals surface area contributed by atoms with Gasteiger partial charge in [-0.05, 0) is 77.0 Å². The van der Waals surface area contributed by atoms with E-state index in [4.69, 9.17) is 18.5 Å². The van der Waals surface area contributed by atoms with Crippen LogP contribution < -0.4 is 4.89 Å². The number of carbonyl (C=O) groups is 2. The molecular formula is C50H80NO10P. The number of quaternary nitrogens is 1. The largest absolute Gasteiger partial charge is 0.756 e. The second kappa shape index (κ2) is 40.1. The fraction of sp³-hybridized carbons (Fsp3) is 0.560. The van der Waals surface area contributed by atoms with Crippen LogP contribution in [0.2, 0.25) is 0 Å². The molecule has 1 unspecified atom stereocenters. The fourth-order valence-corrected chi connectivity index (χ4v) is 5.84. The molecule has 0 radical (unpaired) electrons. The van der Waals surface area contributed by atoms with Gasteiger partial charge in [-0.2, -0.15) is 0 Å². The Morgan fingerprint density at radius 1 is 0.629 bits per heavy atom. The Labute approximate surface area is 374 Å². The lowest BCUT2D eigenvalue weighted by Gasteiger charge is -2.28. The van der Waals surface area contributed by atoms with Crippen molar-refractivity contribution in [3.8, 4) is 0 Å². The summed E-state index contributed by atoms with van der Waals surface area (Å²) in [5.74, 6) is -1.19. The predicted octanol–water partition coefficient (Wildman–Crippen LogP) is 10.2. The van der Waals surface area contributed by atoms with Crippen LogP contribution in [0.15, 0.2) is 122 Å². The van der Waals surface area contributed by atoms with Gasteiger partial charge in [0.15, 0.2) is 6.10 Å². The summed E-state index contributed by atoms with van der Waals surface area (Å²) in [6.45, 7) is 3.64. The summed E-state index contributed by atoms with van der Waals surface area (Å²) in [6, 6.07) is 0. The Balaban J connectivity index is 4.75. The van der Waals surface area contributed by atoms with Crippen LogP contribution in [0.25, 0.3) is 0 Å². The molecule has 0 rings (SSSR count). The molecule has 0 aromatic carbocycles. The zero-order valence-electron chi connectivity index (χ0n) is 38.5. The third-order valence-corrected chi connectivity index (χ3v) is 9.63. The molecule has 0 saturated heterocycles. The van der Waals surface area contributed by atoms with Crippen molar-refractivity contribution in [1.82, 2.24) is 0 Å². The minimum absolute atomic E-state index is 0.00711. The number of aliphatic hydroxyl groups is 2. The molecule has 0 aromatic rings. The maximum Gasteiger partial charge on any atom is 0.306 e. The summed E-state index contributed by atoms with van der Waals surface area (Å²) in [4.78, 5) is 37.6. The summed E-state index contributed by atoms with van der Waals surface area (Å²) in [7, 11) is 0.959. The monoisotopic (exact) mass is 886 g/mol. The van der Waals surface area contributed by atoms with Gasteiger partial charge in [0.2, 0.25) is 0 Å². The number of carbonyl (C=O) groups excluding carboxylic acids is 2.